The average molecular weight is 393 g/mol. The summed E-state index contributed by atoms with van der Waals surface area (Å²) in [5.74, 6) is 0.760. The Labute approximate surface area is 156 Å². The van der Waals surface area contributed by atoms with E-state index in [1.807, 2.05) is 29.6 Å². The number of aliphatic hydroxyl groups excluding tert-OH is 1. The van der Waals surface area contributed by atoms with Crippen LogP contribution in [-0.4, -0.2) is 34.3 Å². The van der Waals surface area contributed by atoms with Crippen molar-refractivity contribution in [2.24, 2.45) is 0 Å². The average Bonchev–Trinajstić information content (AvgIpc) is 3.09. The van der Waals surface area contributed by atoms with Crippen LogP contribution in [0.5, 0.6) is 11.5 Å². The van der Waals surface area contributed by atoms with Crippen LogP contribution < -0.4 is 14.2 Å². The van der Waals surface area contributed by atoms with E-state index in [1.165, 1.54) is 43.8 Å². The fraction of sp³-hybridized carbons (Fsp3) is 0.222. The SMILES string of the molecule is COc1ccc(S(=O)(=O)NCC(O)c2csc3ccccc23)cc1OC. The third-order valence-corrected chi connectivity index (χ3v) is 6.40. The van der Waals surface area contributed by atoms with Gasteiger partial charge in [0.25, 0.3) is 0 Å². The lowest BCUT2D eigenvalue weighted by molar-refractivity contribution is 0.184. The smallest absolute Gasteiger partial charge is 0.240 e. The Morgan fingerprint density at radius 3 is 2.58 bits per heavy atom. The fourth-order valence-corrected chi connectivity index (χ4v) is 4.68. The number of benzene rings is 2. The predicted molar refractivity (Wildman–Crippen MR) is 102 cm³/mol. The number of aliphatic hydroxyl groups is 1. The molecule has 0 fully saturated rings. The first-order valence-corrected chi connectivity index (χ1v) is 10.2. The summed E-state index contributed by atoms with van der Waals surface area (Å²) in [7, 11) is -0.884. The molecule has 1 unspecified atom stereocenters. The van der Waals surface area contributed by atoms with Gasteiger partial charge < -0.3 is 14.6 Å². The highest BCUT2D eigenvalue weighted by Gasteiger charge is 2.20. The minimum Gasteiger partial charge on any atom is -0.493 e. The van der Waals surface area contributed by atoms with Gasteiger partial charge >= 0.3 is 0 Å². The number of fused-ring (bicyclic) bond motifs is 1. The van der Waals surface area contributed by atoms with Crippen LogP contribution in [0.25, 0.3) is 10.1 Å². The molecule has 1 atom stereocenters. The van der Waals surface area contributed by atoms with Crippen LogP contribution in [0.3, 0.4) is 0 Å². The second-order valence-electron chi connectivity index (χ2n) is 5.57. The molecule has 0 saturated heterocycles. The molecule has 2 aromatic carbocycles. The second kappa shape index (κ2) is 7.63. The van der Waals surface area contributed by atoms with Crippen molar-refractivity contribution in [1.29, 1.82) is 0 Å². The van der Waals surface area contributed by atoms with Crippen molar-refractivity contribution in [2.45, 2.75) is 11.0 Å². The van der Waals surface area contributed by atoms with Crippen LogP contribution in [-0.2, 0) is 10.0 Å². The molecular weight excluding hydrogens is 374 g/mol. The molecule has 6 nitrogen and oxygen atoms in total. The number of methoxy groups -OCH3 is 2. The summed E-state index contributed by atoms with van der Waals surface area (Å²) >= 11 is 1.51. The van der Waals surface area contributed by atoms with Crippen molar-refractivity contribution in [3.63, 3.8) is 0 Å². The third kappa shape index (κ3) is 3.68. The van der Waals surface area contributed by atoms with E-state index in [0.717, 1.165) is 10.1 Å². The van der Waals surface area contributed by atoms with E-state index in [4.69, 9.17) is 9.47 Å². The Hall–Kier alpha value is -2.13. The van der Waals surface area contributed by atoms with Gasteiger partial charge in [-0.25, -0.2) is 13.1 Å². The summed E-state index contributed by atoms with van der Waals surface area (Å²) in [5, 5.41) is 13.2. The minimum atomic E-state index is -3.80. The number of ether oxygens (including phenoxy) is 2. The lowest BCUT2D eigenvalue weighted by atomic mass is 10.1. The summed E-state index contributed by atoms with van der Waals surface area (Å²) in [6.45, 7) is -0.128. The molecule has 1 heterocycles. The summed E-state index contributed by atoms with van der Waals surface area (Å²) in [6, 6.07) is 12.0. The zero-order valence-electron chi connectivity index (χ0n) is 14.3. The highest BCUT2D eigenvalue weighted by molar-refractivity contribution is 7.89. The zero-order valence-corrected chi connectivity index (χ0v) is 15.9. The van der Waals surface area contributed by atoms with Gasteiger partial charge in [0.2, 0.25) is 10.0 Å². The van der Waals surface area contributed by atoms with Gasteiger partial charge in [0.05, 0.1) is 25.2 Å². The lowest BCUT2D eigenvalue weighted by Gasteiger charge is -2.13. The maximum Gasteiger partial charge on any atom is 0.240 e. The van der Waals surface area contributed by atoms with E-state index < -0.39 is 16.1 Å². The molecule has 3 aromatic rings. The van der Waals surface area contributed by atoms with Gasteiger partial charge in [0, 0.05) is 22.9 Å². The molecule has 0 amide bonds. The maximum atomic E-state index is 12.5. The number of rotatable bonds is 7. The molecule has 3 rings (SSSR count). The lowest BCUT2D eigenvalue weighted by Crippen LogP contribution is -2.28. The Kier molecular flexibility index (Phi) is 5.47. The van der Waals surface area contributed by atoms with Gasteiger partial charge in [0.1, 0.15) is 0 Å². The van der Waals surface area contributed by atoms with E-state index in [9.17, 15) is 13.5 Å². The van der Waals surface area contributed by atoms with Gasteiger partial charge in [-0.3, -0.25) is 0 Å². The molecule has 138 valence electrons. The molecule has 0 bridgehead atoms. The molecule has 0 spiro atoms. The predicted octanol–water partition coefficient (Wildman–Crippen LogP) is 2.93. The van der Waals surface area contributed by atoms with Crippen molar-refractivity contribution in [3.05, 3.63) is 53.4 Å². The highest BCUT2D eigenvalue weighted by atomic mass is 32.2. The van der Waals surface area contributed by atoms with Gasteiger partial charge in [-0.05, 0) is 29.0 Å². The molecule has 2 N–H and O–H groups in total. The quantitative estimate of drug-likeness (QED) is 0.645. The van der Waals surface area contributed by atoms with Gasteiger partial charge in [-0.1, -0.05) is 18.2 Å². The molecule has 8 heteroatoms. The van der Waals surface area contributed by atoms with Crippen molar-refractivity contribution in [3.8, 4) is 11.5 Å². The zero-order chi connectivity index (χ0) is 18.7. The largest absolute Gasteiger partial charge is 0.493 e. The summed E-state index contributed by atoms with van der Waals surface area (Å²) in [6.07, 6.45) is -0.943. The molecule has 26 heavy (non-hydrogen) atoms. The minimum absolute atomic E-state index is 0.0394. The van der Waals surface area contributed by atoms with Crippen LogP contribution in [0.15, 0.2) is 52.7 Å². The third-order valence-electron chi connectivity index (χ3n) is 4.00. The normalized spacial score (nSPS) is 12.9. The monoisotopic (exact) mass is 393 g/mol. The summed E-state index contributed by atoms with van der Waals surface area (Å²) in [5.41, 5.74) is 0.709. The first kappa shape index (κ1) is 18.7. The van der Waals surface area contributed by atoms with E-state index in [0.29, 0.717) is 17.1 Å². The van der Waals surface area contributed by atoms with Crippen LogP contribution >= 0.6 is 11.3 Å². The highest BCUT2D eigenvalue weighted by Crippen LogP contribution is 2.31. The van der Waals surface area contributed by atoms with Gasteiger partial charge in [-0.2, -0.15) is 0 Å². The van der Waals surface area contributed by atoms with Crippen molar-refractivity contribution in [2.75, 3.05) is 20.8 Å². The van der Waals surface area contributed by atoms with Crippen LogP contribution in [0.1, 0.15) is 11.7 Å². The fourth-order valence-electron chi connectivity index (χ4n) is 2.62. The summed E-state index contributed by atoms with van der Waals surface area (Å²) in [4.78, 5) is 0.0394. The molecular formula is C18H19NO5S2. The first-order chi connectivity index (χ1) is 12.5. The van der Waals surface area contributed by atoms with Crippen molar-refractivity contribution >= 4 is 31.4 Å². The Balaban J connectivity index is 1.78. The number of thiophene rings is 1. The molecule has 0 aliphatic rings. The van der Waals surface area contributed by atoms with E-state index in [-0.39, 0.29) is 11.4 Å². The van der Waals surface area contributed by atoms with Crippen molar-refractivity contribution < 1.29 is 23.0 Å². The first-order valence-electron chi connectivity index (χ1n) is 7.82. The maximum absolute atomic E-state index is 12.5. The van der Waals surface area contributed by atoms with Crippen molar-refractivity contribution in [1.82, 2.24) is 4.72 Å². The second-order valence-corrected chi connectivity index (χ2v) is 8.25. The van der Waals surface area contributed by atoms with Gasteiger partial charge in [-0.15, -0.1) is 11.3 Å². The van der Waals surface area contributed by atoms with Crippen LogP contribution in [0.2, 0.25) is 0 Å². The molecule has 0 radical (unpaired) electrons. The van der Waals surface area contributed by atoms with E-state index in [2.05, 4.69) is 4.72 Å². The van der Waals surface area contributed by atoms with Gasteiger partial charge in [0.15, 0.2) is 11.5 Å². The van der Waals surface area contributed by atoms with E-state index >= 15 is 0 Å². The molecule has 0 aliphatic carbocycles. The standard InChI is InChI=1S/C18H19NO5S2/c1-23-16-8-7-12(9-17(16)24-2)26(21,22)19-10-15(20)14-11-25-18-6-4-3-5-13(14)18/h3-9,11,15,19-20H,10H2,1-2H3. The molecule has 1 aromatic heterocycles. The number of nitrogens with one attached hydrogen (secondary N) is 1. The Bertz CT molecular complexity index is 1010. The molecule has 0 saturated carbocycles. The van der Waals surface area contributed by atoms with E-state index in [1.54, 1.807) is 0 Å². The van der Waals surface area contributed by atoms with Crippen LogP contribution in [0, 0.1) is 0 Å². The topological polar surface area (TPSA) is 84.9 Å². The number of hydrogen-bond donors (Lipinski definition) is 2. The number of hydrogen-bond acceptors (Lipinski definition) is 6. The number of sulfonamides is 1. The Morgan fingerprint density at radius 2 is 1.85 bits per heavy atom. The van der Waals surface area contributed by atoms with Crippen LogP contribution in [0.4, 0.5) is 0 Å². The Morgan fingerprint density at radius 1 is 1.12 bits per heavy atom. The molecule has 0 aliphatic heterocycles. The summed E-state index contributed by atoms with van der Waals surface area (Å²) < 4.78 is 38.8.